The van der Waals surface area contributed by atoms with Gasteiger partial charge in [0.1, 0.15) is 6.10 Å². The van der Waals surface area contributed by atoms with Gasteiger partial charge in [-0.3, -0.25) is 4.79 Å². The number of benzene rings is 2. The van der Waals surface area contributed by atoms with Crippen LogP contribution in [0.3, 0.4) is 0 Å². The Hall–Kier alpha value is -4.34. The van der Waals surface area contributed by atoms with Crippen molar-refractivity contribution in [1.29, 1.82) is 0 Å². The van der Waals surface area contributed by atoms with Gasteiger partial charge in [0.15, 0.2) is 0 Å². The molecule has 0 bridgehead atoms. The normalized spacial score (nSPS) is 16.4. The molecule has 1 amide bonds. The molecule has 10 nitrogen and oxygen atoms in total. The van der Waals surface area contributed by atoms with Crippen LogP contribution in [-0.2, 0) is 16.1 Å². The number of hydrogen-bond donors (Lipinski definition) is 2. The van der Waals surface area contributed by atoms with Gasteiger partial charge < -0.3 is 14.7 Å². The summed E-state index contributed by atoms with van der Waals surface area (Å²) in [5.41, 5.74) is 3.49. The average Bonchev–Trinajstić information content (AvgIpc) is 3.37. The summed E-state index contributed by atoms with van der Waals surface area (Å²) in [4.78, 5) is 31.6. The second-order valence-corrected chi connectivity index (χ2v) is 10.3. The van der Waals surface area contributed by atoms with Crippen molar-refractivity contribution in [2.45, 2.75) is 51.2 Å². The Labute approximate surface area is 219 Å². The van der Waals surface area contributed by atoms with Crippen molar-refractivity contribution in [2.24, 2.45) is 5.41 Å². The van der Waals surface area contributed by atoms with Crippen LogP contribution < -0.4 is 0 Å². The Morgan fingerprint density at radius 3 is 2.47 bits per heavy atom. The predicted molar refractivity (Wildman–Crippen MR) is 139 cm³/mol. The van der Waals surface area contributed by atoms with Crippen LogP contribution in [0, 0.1) is 5.41 Å². The van der Waals surface area contributed by atoms with Crippen molar-refractivity contribution in [1.82, 2.24) is 30.5 Å². The summed E-state index contributed by atoms with van der Waals surface area (Å²) >= 11 is 0. The van der Waals surface area contributed by atoms with Crippen LogP contribution in [0.15, 0.2) is 54.6 Å². The van der Waals surface area contributed by atoms with Crippen LogP contribution in [0.1, 0.15) is 44.1 Å². The Balaban J connectivity index is 1.22. The minimum atomic E-state index is -0.908. The third-order valence-electron chi connectivity index (χ3n) is 7.47. The predicted octanol–water partition coefficient (Wildman–Crippen LogP) is 4.83. The van der Waals surface area contributed by atoms with E-state index in [1.54, 1.807) is 4.90 Å². The molecule has 2 aromatic carbocycles. The molecule has 4 aromatic rings. The number of carboxylic acid groups (broad SMARTS) is 1. The summed E-state index contributed by atoms with van der Waals surface area (Å²) in [7, 11) is 0. The van der Waals surface area contributed by atoms with Crippen LogP contribution in [0.4, 0.5) is 4.79 Å². The lowest BCUT2D eigenvalue weighted by molar-refractivity contribution is -0.149. The van der Waals surface area contributed by atoms with Crippen molar-refractivity contribution in [3.05, 3.63) is 60.2 Å². The largest absolute Gasteiger partial charge is 0.481 e. The van der Waals surface area contributed by atoms with Crippen LogP contribution in [0.5, 0.6) is 0 Å². The number of carboxylic acids is 1. The topological polar surface area (TPSA) is 134 Å². The van der Waals surface area contributed by atoms with Gasteiger partial charge in [-0.05, 0) is 54.7 Å². The zero-order chi connectivity index (χ0) is 26.1. The van der Waals surface area contributed by atoms with Crippen molar-refractivity contribution in [3.8, 4) is 22.6 Å². The molecule has 0 unspecified atom stereocenters. The smallest absolute Gasteiger partial charge is 0.410 e. The van der Waals surface area contributed by atoms with E-state index in [2.05, 4.69) is 20.6 Å². The molecule has 38 heavy (non-hydrogen) atoms. The first kappa shape index (κ1) is 24.0. The van der Waals surface area contributed by atoms with E-state index in [4.69, 9.17) is 9.72 Å². The van der Waals surface area contributed by atoms with E-state index in [0.29, 0.717) is 18.7 Å². The lowest BCUT2D eigenvalue weighted by Crippen LogP contribution is -2.44. The van der Waals surface area contributed by atoms with E-state index in [1.165, 1.54) is 0 Å². The number of H-pyrrole nitrogens is 1. The molecule has 2 aromatic heterocycles. The number of aromatic nitrogens is 5. The molecule has 6 rings (SSSR count). The number of carbonyl (C=O) groups is 2. The third kappa shape index (κ3) is 4.93. The molecule has 2 saturated carbocycles. The van der Waals surface area contributed by atoms with Crippen molar-refractivity contribution >= 4 is 23.0 Å². The number of rotatable bonds is 8. The lowest BCUT2D eigenvalue weighted by Gasteiger charge is -2.31. The quantitative estimate of drug-likeness (QED) is 0.343. The molecular formula is C28H28N6O4. The number of nitrogens with one attached hydrogen (secondary N) is 1. The zero-order valence-corrected chi connectivity index (χ0v) is 20.8. The molecule has 10 heteroatoms. The van der Waals surface area contributed by atoms with Crippen molar-refractivity contribution in [2.75, 3.05) is 6.54 Å². The SMILES string of the molecule is O=C(OC1CC1)N(Cc1ccc2nc(-c3ccc(-c4nn[nH]n4)cc3)ccc2c1)CC1(C(=O)O)CCCC1. The molecule has 0 radical (unpaired) electrons. The lowest BCUT2D eigenvalue weighted by atomic mass is 9.85. The van der Waals surface area contributed by atoms with Gasteiger partial charge in [0.2, 0.25) is 5.82 Å². The highest BCUT2D eigenvalue weighted by atomic mass is 16.6. The van der Waals surface area contributed by atoms with Crippen LogP contribution >= 0.6 is 0 Å². The number of aliphatic carboxylic acids is 1. The molecular weight excluding hydrogens is 484 g/mol. The summed E-state index contributed by atoms with van der Waals surface area (Å²) in [5, 5.41) is 25.0. The van der Waals surface area contributed by atoms with E-state index in [-0.39, 0.29) is 19.2 Å². The molecule has 2 aliphatic carbocycles. The van der Waals surface area contributed by atoms with Gasteiger partial charge in [0, 0.05) is 29.6 Å². The highest BCUT2D eigenvalue weighted by Crippen LogP contribution is 2.40. The number of carbonyl (C=O) groups excluding carboxylic acids is 1. The second-order valence-electron chi connectivity index (χ2n) is 10.3. The van der Waals surface area contributed by atoms with Gasteiger partial charge in [0.25, 0.3) is 0 Å². The molecule has 0 atom stereocenters. The van der Waals surface area contributed by atoms with Crippen LogP contribution in [0.2, 0.25) is 0 Å². The number of amides is 1. The fraction of sp³-hybridized carbons (Fsp3) is 0.357. The molecule has 2 heterocycles. The maximum absolute atomic E-state index is 13.0. The fourth-order valence-corrected chi connectivity index (χ4v) is 5.17. The summed E-state index contributed by atoms with van der Waals surface area (Å²) < 4.78 is 5.58. The molecule has 0 spiro atoms. The first-order valence-corrected chi connectivity index (χ1v) is 12.9. The number of ether oxygens (including phenoxy) is 1. The zero-order valence-electron chi connectivity index (χ0n) is 20.8. The van der Waals surface area contributed by atoms with Crippen LogP contribution in [0.25, 0.3) is 33.5 Å². The van der Waals surface area contributed by atoms with Crippen molar-refractivity contribution < 1.29 is 19.4 Å². The van der Waals surface area contributed by atoms with E-state index in [0.717, 1.165) is 59.0 Å². The minimum absolute atomic E-state index is 0.0464. The molecule has 194 valence electrons. The van der Waals surface area contributed by atoms with Gasteiger partial charge in [-0.2, -0.15) is 5.21 Å². The molecule has 0 aliphatic heterocycles. The number of pyridine rings is 1. The van der Waals surface area contributed by atoms with E-state index in [1.807, 2.05) is 54.6 Å². The first-order valence-electron chi connectivity index (χ1n) is 12.9. The number of hydrogen-bond acceptors (Lipinski definition) is 7. The number of tetrazole rings is 1. The van der Waals surface area contributed by atoms with Gasteiger partial charge in [-0.1, -0.05) is 49.2 Å². The third-order valence-corrected chi connectivity index (χ3v) is 7.47. The summed E-state index contributed by atoms with van der Waals surface area (Å²) in [6.07, 6.45) is 4.14. The average molecular weight is 513 g/mol. The Morgan fingerprint density at radius 1 is 1.03 bits per heavy atom. The Bertz CT molecular complexity index is 1460. The van der Waals surface area contributed by atoms with E-state index >= 15 is 0 Å². The highest BCUT2D eigenvalue weighted by Gasteiger charge is 2.44. The Morgan fingerprint density at radius 2 is 1.79 bits per heavy atom. The summed E-state index contributed by atoms with van der Waals surface area (Å²) in [6.45, 7) is 0.443. The number of nitrogens with zero attached hydrogens (tertiary/aromatic N) is 5. The number of fused-ring (bicyclic) bond motifs is 1. The highest BCUT2D eigenvalue weighted by molar-refractivity contribution is 5.83. The molecule has 2 aliphatic rings. The Kier molecular flexibility index (Phi) is 6.22. The van der Waals surface area contributed by atoms with E-state index < -0.39 is 17.5 Å². The molecule has 2 fully saturated rings. The molecule has 2 N–H and O–H groups in total. The van der Waals surface area contributed by atoms with Gasteiger partial charge in [-0.25, -0.2) is 9.78 Å². The fourth-order valence-electron chi connectivity index (χ4n) is 5.17. The summed E-state index contributed by atoms with van der Waals surface area (Å²) in [5.74, 6) is -0.299. The number of aromatic amines is 1. The van der Waals surface area contributed by atoms with Crippen molar-refractivity contribution in [3.63, 3.8) is 0 Å². The first-order chi connectivity index (χ1) is 18.5. The van der Waals surface area contributed by atoms with Gasteiger partial charge >= 0.3 is 12.1 Å². The second kappa shape index (κ2) is 9.85. The minimum Gasteiger partial charge on any atom is -0.481 e. The monoisotopic (exact) mass is 512 g/mol. The van der Waals surface area contributed by atoms with E-state index in [9.17, 15) is 14.7 Å². The van der Waals surface area contributed by atoms with Gasteiger partial charge in [0.05, 0.1) is 16.6 Å². The van der Waals surface area contributed by atoms with Crippen LogP contribution in [-0.4, -0.2) is 60.3 Å². The molecule has 0 saturated heterocycles. The maximum atomic E-state index is 13.0. The van der Waals surface area contributed by atoms with Gasteiger partial charge in [-0.15, -0.1) is 10.2 Å². The maximum Gasteiger partial charge on any atom is 0.410 e. The summed E-state index contributed by atoms with van der Waals surface area (Å²) in [6, 6.07) is 17.7. The standard InChI is InChI=1S/C28H28N6O4/c35-26(36)28(13-1-2-14-28)17-34(27(37)38-22-9-10-22)16-18-3-11-24-21(15-18)8-12-23(29-24)19-4-6-20(7-5-19)25-30-32-33-31-25/h3-8,11-12,15,22H,1-2,9-10,13-14,16-17H2,(H,35,36)(H,30,31,32,33).